The molecule has 1 aliphatic rings. The summed E-state index contributed by atoms with van der Waals surface area (Å²) < 4.78 is 0. The fourth-order valence-electron chi connectivity index (χ4n) is 2.94. The molecule has 1 amide bonds. The topological polar surface area (TPSA) is 55.1 Å². The molecule has 110 valence electrons. The normalized spacial score (nSPS) is 17.6. The van der Waals surface area contributed by atoms with Crippen molar-refractivity contribution in [3.05, 3.63) is 35.9 Å². The van der Waals surface area contributed by atoms with E-state index in [0.717, 1.165) is 17.9 Å². The second kappa shape index (κ2) is 8.05. The average Bonchev–Trinajstić information content (AvgIpc) is 2.52. The Bertz CT molecular complexity index is 399. The molecule has 0 heterocycles. The number of hydrogen-bond donors (Lipinski definition) is 2. The minimum atomic E-state index is -0.116. The minimum absolute atomic E-state index is 0.116. The number of nitrogens with one attached hydrogen (secondary N) is 1. The SMILES string of the molecule is NC(CNC(=O)CCC1CCCCC1)c1ccccc1. The zero-order chi connectivity index (χ0) is 14.2. The van der Waals surface area contributed by atoms with Crippen molar-refractivity contribution in [2.24, 2.45) is 11.7 Å². The van der Waals surface area contributed by atoms with E-state index in [1.54, 1.807) is 0 Å². The van der Waals surface area contributed by atoms with Gasteiger partial charge in [0.05, 0.1) is 0 Å². The van der Waals surface area contributed by atoms with Crippen molar-refractivity contribution in [2.75, 3.05) is 6.54 Å². The molecule has 0 bridgehead atoms. The van der Waals surface area contributed by atoms with Crippen molar-refractivity contribution in [2.45, 2.75) is 51.0 Å². The van der Waals surface area contributed by atoms with E-state index in [9.17, 15) is 4.79 Å². The van der Waals surface area contributed by atoms with Crippen molar-refractivity contribution in [3.63, 3.8) is 0 Å². The molecule has 1 fully saturated rings. The second-order valence-electron chi connectivity index (χ2n) is 5.86. The maximum Gasteiger partial charge on any atom is 0.220 e. The first kappa shape index (κ1) is 15.0. The molecule has 0 aromatic heterocycles. The standard InChI is InChI=1S/C17H26N2O/c18-16(15-9-5-2-6-10-15)13-19-17(20)12-11-14-7-3-1-4-8-14/h2,5-6,9-10,14,16H,1,3-4,7-8,11-13,18H2,(H,19,20). The molecule has 0 aliphatic heterocycles. The highest BCUT2D eigenvalue weighted by Crippen LogP contribution is 2.27. The third-order valence-electron chi connectivity index (χ3n) is 4.25. The highest BCUT2D eigenvalue weighted by Gasteiger charge is 2.15. The number of benzene rings is 1. The Hall–Kier alpha value is -1.35. The van der Waals surface area contributed by atoms with E-state index in [2.05, 4.69) is 5.32 Å². The lowest BCUT2D eigenvalue weighted by molar-refractivity contribution is -0.121. The molecule has 1 saturated carbocycles. The summed E-state index contributed by atoms with van der Waals surface area (Å²) in [5.41, 5.74) is 7.14. The Balaban J connectivity index is 1.64. The van der Waals surface area contributed by atoms with Gasteiger partial charge in [-0.1, -0.05) is 62.4 Å². The highest BCUT2D eigenvalue weighted by atomic mass is 16.1. The van der Waals surface area contributed by atoms with Gasteiger partial charge in [-0.2, -0.15) is 0 Å². The molecule has 1 aromatic rings. The third kappa shape index (κ3) is 4.97. The first-order chi connectivity index (χ1) is 9.75. The number of carbonyl (C=O) groups excluding carboxylic acids is 1. The van der Waals surface area contributed by atoms with Crippen LogP contribution in [0.4, 0.5) is 0 Å². The van der Waals surface area contributed by atoms with Crippen LogP contribution < -0.4 is 11.1 Å². The van der Waals surface area contributed by atoms with Gasteiger partial charge in [0.15, 0.2) is 0 Å². The molecule has 1 atom stereocenters. The Kier molecular flexibility index (Phi) is 6.06. The van der Waals surface area contributed by atoms with Crippen molar-refractivity contribution in [1.29, 1.82) is 0 Å². The van der Waals surface area contributed by atoms with Crippen LogP contribution in [0.15, 0.2) is 30.3 Å². The molecule has 1 aliphatic carbocycles. The zero-order valence-electron chi connectivity index (χ0n) is 12.2. The van der Waals surface area contributed by atoms with E-state index in [1.165, 1.54) is 32.1 Å². The van der Waals surface area contributed by atoms with E-state index in [1.807, 2.05) is 30.3 Å². The molecule has 0 radical (unpaired) electrons. The maximum atomic E-state index is 11.9. The molecule has 20 heavy (non-hydrogen) atoms. The van der Waals surface area contributed by atoms with Gasteiger partial charge >= 0.3 is 0 Å². The van der Waals surface area contributed by atoms with Crippen molar-refractivity contribution < 1.29 is 4.79 Å². The smallest absolute Gasteiger partial charge is 0.220 e. The lowest BCUT2D eigenvalue weighted by atomic mass is 9.86. The molecule has 2 rings (SSSR count). The van der Waals surface area contributed by atoms with E-state index in [0.29, 0.717) is 13.0 Å². The Morgan fingerprint density at radius 2 is 1.90 bits per heavy atom. The summed E-state index contributed by atoms with van der Waals surface area (Å²) in [7, 11) is 0. The Morgan fingerprint density at radius 3 is 2.60 bits per heavy atom. The Morgan fingerprint density at radius 1 is 1.20 bits per heavy atom. The van der Waals surface area contributed by atoms with Gasteiger partial charge in [-0.15, -0.1) is 0 Å². The van der Waals surface area contributed by atoms with Gasteiger partial charge in [0, 0.05) is 19.0 Å². The van der Waals surface area contributed by atoms with Crippen molar-refractivity contribution >= 4 is 5.91 Å². The van der Waals surface area contributed by atoms with Gasteiger partial charge in [-0.3, -0.25) is 4.79 Å². The van der Waals surface area contributed by atoms with E-state index in [4.69, 9.17) is 5.73 Å². The summed E-state index contributed by atoms with van der Waals surface area (Å²) in [4.78, 5) is 11.9. The molecule has 3 nitrogen and oxygen atoms in total. The highest BCUT2D eigenvalue weighted by molar-refractivity contribution is 5.75. The summed E-state index contributed by atoms with van der Waals surface area (Å²) in [5, 5.41) is 2.96. The summed E-state index contributed by atoms with van der Waals surface area (Å²) >= 11 is 0. The maximum absolute atomic E-state index is 11.9. The molecule has 0 saturated heterocycles. The van der Waals surface area contributed by atoms with Crippen LogP contribution in [0.25, 0.3) is 0 Å². The number of carbonyl (C=O) groups is 1. The van der Waals surface area contributed by atoms with Crippen LogP contribution in [-0.2, 0) is 4.79 Å². The van der Waals surface area contributed by atoms with Gasteiger partial charge in [0.25, 0.3) is 0 Å². The quantitative estimate of drug-likeness (QED) is 0.837. The Labute approximate surface area is 121 Å². The first-order valence-electron chi connectivity index (χ1n) is 7.83. The van der Waals surface area contributed by atoms with E-state index < -0.39 is 0 Å². The predicted molar refractivity (Wildman–Crippen MR) is 82.2 cm³/mol. The average molecular weight is 274 g/mol. The van der Waals surface area contributed by atoms with E-state index >= 15 is 0 Å². The molecule has 1 aromatic carbocycles. The van der Waals surface area contributed by atoms with Crippen LogP contribution in [0.1, 0.15) is 56.6 Å². The lowest BCUT2D eigenvalue weighted by Crippen LogP contribution is -2.32. The summed E-state index contributed by atoms with van der Waals surface area (Å²) in [5.74, 6) is 0.902. The van der Waals surface area contributed by atoms with Crippen LogP contribution in [0.5, 0.6) is 0 Å². The van der Waals surface area contributed by atoms with E-state index in [-0.39, 0.29) is 11.9 Å². The number of nitrogens with two attached hydrogens (primary N) is 1. The summed E-state index contributed by atoms with van der Waals surface area (Å²) in [6, 6.07) is 9.80. The van der Waals surface area contributed by atoms with Gasteiger partial charge in [-0.05, 0) is 17.9 Å². The van der Waals surface area contributed by atoms with Crippen LogP contribution in [-0.4, -0.2) is 12.5 Å². The molecule has 0 spiro atoms. The predicted octanol–water partition coefficient (Wildman–Crippen LogP) is 3.16. The van der Waals surface area contributed by atoms with Crippen LogP contribution >= 0.6 is 0 Å². The van der Waals surface area contributed by atoms with Gasteiger partial charge in [0.2, 0.25) is 5.91 Å². The largest absolute Gasteiger partial charge is 0.354 e. The van der Waals surface area contributed by atoms with Crippen LogP contribution in [0.3, 0.4) is 0 Å². The lowest BCUT2D eigenvalue weighted by Gasteiger charge is -2.21. The van der Waals surface area contributed by atoms with Gasteiger partial charge in [-0.25, -0.2) is 0 Å². The zero-order valence-corrected chi connectivity index (χ0v) is 12.2. The van der Waals surface area contributed by atoms with Crippen LogP contribution in [0, 0.1) is 5.92 Å². The fraction of sp³-hybridized carbons (Fsp3) is 0.588. The molecule has 3 heteroatoms. The van der Waals surface area contributed by atoms with Crippen molar-refractivity contribution in [1.82, 2.24) is 5.32 Å². The van der Waals surface area contributed by atoms with Gasteiger partial charge < -0.3 is 11.1 Å². The molecular weight excluding hydrogens is 248 g/mol. The molecule has 3 N–H and O–H groups in total. The minimum Gasteiger partial charge on any atom is -0.354 e. The molecular formula is C17H26N2O. The first-order valence-corrected chi connectivity index (χ1v) is 7.83. The van der Waals surface area contributed by atoms with Gasteiger partial charge in [0.1, 0.15) is 0 Å². The van der Waals surface area contributed by atoms with Crippen LogP contribution in [0.2, 0.25) is 0 Å². The second-order valence-corrected chi connectivity index (χ2v) is 5.86. The number of rotatable bonds is 6. The van der Waals surface area contributed by atoms with Crippen molar-refractivity contribution in [3.8, 4) is 0 Å². The summed E-state index contributed by atoms with van der Waals surface area (Å²) in [6.45, 7) is 0.521. The number of amides is 1. The monoisotopic (exact) mass is 274 g/mol. The summed E-state index contributed by atoms with van der Waals surface area (Å²) in [6.07, 6.45) is 8.33. The number of hydrogen-bond acceptors (Lipinski definition) is 2. The fourth-order valence-corrected chi connectivity index (χ4v) is 2.94. The molecule has 1 unspecified atom stereocenters. The third-order valence-corrected chi connectivity index (χ3v) is 4.25.